The van der Waals surface area contributed by atoms with Crippen LogP contribution in [-0.2, 0) is 16.1 Å². The minimum Gasteiger partial charge on any atom is -0.379 e. The lowest BCUT2D eigenvalue weighted by molar-refractivity contribution is -0.131. The van der Waals surface area contributed by atoms with E-state index in [1.807, 2.05) is 11.0 Å². The van der Waals surface area contributed by atoms with E-state index in [1.54, 1.807) is 0 Å². The summed E-state index contributed by atoms with van der Waals surface area (Å²) in [6.07, 6.45) is 2.43. The summed E-state index contributed by atoms with van der Waals surface area (Å²) in [4.78, 5) is 21.4. The Morgan fingerprint density at radius 2 is 2.13 bits per heavy atom. The fourth-order valence-corrected chi connectivity index (χ4v) is 3.52. The van der Waals surface area contributed by atoms with Crippen LogP contribution in [0, 0.1) is 0 Å². The van der Waals surface area contributed by atoms with Gasteiger partial charge in [0.1, 0.15) is 0 Å². The van der Waals surface area contributed by atoms with Crippen LogP contribution in [0.15, 0.2) is 18.2 Å². The minimum absolute atomic E-state index is 0.107. The fraction of sp³-hybridized carbons (Fsp3) is 0.647. The van der Waals surface area contributed by atoms with Gasteiger partial charge in [0.25, 0.3) is 0 Å². The summed E-state index contributed by atoms with van der Waals surface area (Å²) in [5, 5.41) is 0. The van der Waals surface area contributed by atoms with Crippen molar-refractivity contribution in [2.75, 3.05) is 38.7 Å². The molecule has 2 saturated heterocycles. The summed E-state index contributed by atoms with van der Waals surface area (Å²) in [5.74, 6) is 0.523. The molecule has 6 heteroatoms. The van der Waals surface area contributed by atoms with Gasteiger partial charge in [-0.15, -0.1) is 11.6 Å². The van der Waals surface area contributed by atoms with E-state index in [9.17, 15) is 4.79 Å². The summed E-state index contributed by atoms with van der Waals surface area (Å²) >= 11 is 5.72. The van der Waals surface area contributed by atoms with Crippen LogP contribution in [0.1, 0.15) is 36.7 Å². The first-order chi connectivity index (χ1) is 11.3. The van der Waals surface area contributed by atoms with Gasteiger partial charge in [0.15, 0.2) is 0 Å². The molecule has 0 spiro atoms. The number of rotatable bonds is 5. The van der Waals surface area contributed by atoms with Crippen molar-refractivity contribution in [3.05, 3.63) is 29.6 Å². The van der Waals surface area contributed by atoms with E-state index in [4.69, 9.17) is 21.3 Å². The third-order valence-corrected chi connectivity index (χ3v) is 4.73. The Labute approximate surface area is 142 Å². The molecule has 0 aromatic carbocycles. The molecule has 0 aliphatic carbocycles. The quantitative estimate of drug-likeness (QED) is 0.773. The van der Waals surface area contributed by atoms with Gasteiger partial charge in [0, 0.05) is 38.5 Å². The topological polar surface area (TPSA) is 45.7 Å². The van der Waals surface area contributed by atoms with Crippen molar-refractivity contribution in [2.24, 2.45) is 0 Å². The zero-order valence-corrected chi connectivity index (χ0v) is 14.2. The van der Waals surface area contributed by atoms with Crippen molar-refractivity contribution >= 4 is 17.5 Å². The van der Waals surface area contributed by atoms with Gasteiger partial charge in [-0.05, 0) is 25.0 Å². The second-order valence-corrected chi connectivity index (χ2v) is 6.50. The number of aromatic nitrogens is 1. The number of carbonyl (C=O) groups is 1. The molecule has 23 heavy (non-hydrogen) atoms. The largest absolute Gasteiger partial charge is 0.379 e. The summed E-state index contributed by atoms with van der Waals surface area (Å²) in [7, 11) is 0. The Hall–Kier alpha value is -1.17. The van der Waals surface area contributed by atoms with Crippen LogP contribution in [0.4, 0.5) is 0 Å². The monoisotopic (exact) mass is 337 g/mol. The van der Waals surface area contributed by atoms with Crippen molar-refractivity contribution in [1.29, 1.82) is 0 Å². The zero-order valence-electron chi connectivity index (χ0n) is 13.4. The van der Waals surface area contributed by atoms with Crippen LogP contribution >= 0.6 is 11.6 Å². The molecule has 3 heterocycles. The Morgan fingerprint density at radius 3 is 2.91 bits per heavy atom. The second kappa shape index (κ2) is 8.08. The number of carbonyl (C=O) groups excluding carboxylic acids is 1. The summed E-state index contributed by atoms with van der Waals surface area (Å²) in [5.41, 5.74) is 2.08. The van der Waals surface area contributed by atoms with Crippen LogP contribution < -0.4 is 0 Å². The molecule has 5 nitrogen and oxygen atoms in total. The van der Waals surface area contributed by atoms with Gasteiger partial charge in [0.2, 0.25) is 5.91 Å². The Kier molecular flexibility index (Phi) is 5.86. The van der Waals surface area contributed by atoms with Crippen molar-refractivity contribution in [1.82, 2.24) is 14.8 Å². The van der Waals surface area contributed by atoms with Gasteiger partial charge < -0.3 is 9.64 Å². The van der Waals surface area contributed by atoms with E-state index in [0.717, 1.165) is 63.6 Å². The fourth-order valence-electron chi connectivity index (χ4n) is 3.36. The highest BCUT2D eigenvalue weighted by Crippen LogP contribution is 2.31. The molecule has 0 bridgehead atoms. The first-order valence-electron chi connectivity index (χ1n) is 8.39. The molecule has 0 saturated carbocycles. The zero-order chi connectivity index (χ0) is 16.1. The summed E-state index contributed by atoms with van der Waals surface area (Å²) < 4.78 is 5.39. The predicted octanol–water partition coefficient (Wildman–Crippen LogP) is 2.21. The number of ether oxygens (including phenoxy) is 1. The molecule has 1 unspecified atom stereocenters. The van der Waals surface area contributed by atoms with Gasteiger partial charge >= 0.3 is 0 Å². The van der Waals surface area contributed by atoms with Gasteiger partial charge in [0.05, 0.1) is 30.6 Å². The number of hydrogen-bond acceptors (Lipinski definition) is 4. The Bertz CT molecular complexity index is 534. The van der Waals surface area contributed by atoms with Crippen molar-refractivity contribution in [2.45, 2.75) is 31.8 Å². The number of alkyl halides is 1. The number of halogens is 1. The van der Waals surface area contributed by atoms with E-state index in [-0.39, 0.29) is 11.9 Å². The molecule has 126 valence electrons. The minimum atomic E-state index is 0.107. The van der Waals surface area contributed by atoms with Crippen molar-refractivity contribution in [3.8, 4) is 0 Å². The first kappa shape index (κ1) is 16.7. The normalized spacial score (nSPS) is 22.5. The second-order valence-electron chi connectivity index (χ2n) is 6.13. The molecule has 2 fully saturated rings. The van der Waals surface area contributed by atoms with Gasteiger partial charge in [-0.25, -0.2) is 0 Å². The van der Waals surface area contributed by atoms with E-state index >= 15 is 0 Å². The lowest BCUT2D eigenvalue weighted by atomic mass is 10.1. The maximum Gasteiger partial charge on any atom is 0.224 e. The smallest absolute Gasteiger partial charge is 0.224 e. The molecule has 1 atom stereocenters. The molecule has 3 rings (SSSR count). The van der Waals surface area contributed by atoms with E-state index < -0.39 is 0 Å². The van der Waals surface area contributed by atoms with Crippen molar-refractivity contribution < 1.29 is 9.53 Å². The molecule has 0 radical (unpaired) electrons. The summed E-state index contributed by atoms with van der Waals surface area (Å²) in [6.45, 7) is 5.16. The lowest BCUT2D eigenvalue weighted by Crippen LogP contribution is -2.36. The molecule has 1 aromatic heterocycles. The van der Waals surface area contributed by atoms with Crippen LogP contribution in [0.2, 0.25) is 0 Å². The van der Waals surface area contributed by atoms with Gasteiger partial charge in [-0.3, -0.25) is 14.7 Å². The number of amides is 1. The third-order valence-electron chi connectivity index (χ3n) is 4.54. The maximum absolute atomic E-state index is 12.2. The lowest BCUT2D eigenvalue weighted by Gasteiger charge is -2.27. The third kappa shape index (κ3) is 4.22. The average molecular weight is 338 g/mol. The van der Waals surface area contributed by atoms with Crippen LogP contribution in [-0.4, -0.2) is 59.4 Å². The number of morpholine rings is 1. The molecule has 2 aliphatic rings. The summed E-state index contributed by atoms with van der Waals surface area (Å²) in [6, 6.07) is 6.27. The SMILES string of the molecule is O=C(CCCl)N1CCCC1c1cccc(CN2CCOCC2)n1. The van der Waals surface area contributed by atoms with Gasteiger partial charge in [-0.1, -0.05) is 6.07 Å². The molecule has 1 amide bonds. The van der Waals surface area contributed by atoms with E-state index in [0.29, 0.717) is 12.3 Å². The maximum atomic E-state index is 12.2. The molecular formula is C17H24ClN3O2. The van der Waals surface area contributed by atoms with E-state index in [1.165, 1.54) is 0 Å². The molecule has 0 N–H and O–H groups in total. The highest BCUT2D eigenvalue weighted by molar-refractivity contribution is 6.18. The van der Waals surface area contributed by atoms with E-state index in [2.05, 4.69) is 17.0 Å². The Balaban J connectivity index is 1.69. The molecule has 1 aromatic rings. The molecular weight excluding hydrogens is 314 g/mol. The van der Waals surface area contributed by atoms with Crippen LogP contribution in [0.3, 0.4) is 0 Å². The Morgan fingerprint density at radius 1 is 1.30 bits per heavy atom. The first-order valence-corrected chi connectivity index (χ1v) is 8.93. The number of likely N-dealkylation sites (tertiary alicyclic amines) is 1. The standard InChI is InChI=1S/C17H24ClN3O2/c18-7-6-17(22)21-8-2-5-16(21)15-4-1-3-14(19-15)13-20-9-11-23-12-10-20/h1,3-4,16H,2,5-13H2. The van der Waals surface area contributed by atoms with Gasteiger partial charge in [-0.2, -0.15) is 0 Å². The van der Waals surface area contributed by atoms with Crippen molar-refractivity contribution in [3.63, 3.8) is 0 Å². The predicted molar refractivity (Wildman–Crippen MR) is 89.4 cm³/mol. The molecule has 2 aliphatic heterocycles. The average Bonchev–Trinajstić information content (AvgIpc) is 3.06. The number of nitrogens with zero attached hydrogens (tertiary/aromatic N) is 3. The number of pyridine rings is 1. The highest BCUT2D eigenvalue weighted by Gasteiger charge is 2.30. The highest BCUT2D eigenvalue weighted by atomic mass is 35.5. The number of hydrogen-bond donors (Lipinski definition) is 0. The van der Waals surface area contributed by atoms with Crippen LogP contribution in [0.25, 0.3) is 0 Å². The van der Waals surface area contributed by atoms with Crippen LogP contribution in [0.5, 0.6) is 0 Å².